The van der Waals surface area contributed by atoms with Crippen LogP contribution in [0.3, 0.4) is 0 Å². The van der Waals surface area contributed by atoms with Crippen LogP contribution in [0, 0.1) is 0 Å². The molecule has 0 saturated carbocycles. The molecule has 0 aromatic heterocycles. The minimum Gasteiger partial charge on any atom is -0.496 e. The number of methoxy groups -OCH3 is 1. The molecule has 0 fully saturated rings. The molecule has 1 amide bonds. The fourth-order valence-electron chi connectivity index (χ4n) is 2.40. The molecule has 0 aliphatic heterocycles. The number of rotatable bonds is 9. The predicted octanol–water partition coefficient (Wildman–Crippen LogP) is 3.19. The zero-order valence-electron chi connectivity index (χ0n) is 13.8. The van der Waals surface area contributed by atoms with Crippen LogP contribution in [0.1, 0.15) is 17.5 Å². The van der Waals surface area contributed by atoms with Crippen LogP contribution < -0.4 is 15.4 Å². The quantitative estimate of drug-likeness (QED) is 0.686. The number of halogens is 1. The molecule has 24 heavy (non-hydrogen) atoms. The largest absolute Gasteiger partial charge is 0.496 e. The molecular formula is C19H23ClN2O2. The SMILES string of the molecule is COc1ccccc1CCNC(=O)CCNCc1ccccc1Cl. The molecule has 0 bridgehead atoms. The normalized spacial score (nSPS) is 10.4. The number of hydrogen-bond donors (Lipinski definition) is 2. The van der Waals surface area contributed by atoms with Gasteiger partial charge >= 0.3 is 0 Å². The number of hydrogen-bond acceptors (Lipinski definition) is 3. The lowest BCUT2D eigenvalue weighted by atomic mass is 10.1. The molecule has 4 nitrogen and oxygen atoms in total. The highest BCUT2D eigenvalue weighted by atomic mass is 35.5. The number of amides is 1. The summed E-state index contributed by atoms with van der Waals surface area (Å²) in [4.78, 5) is 11.9. The average molecular weight is 347 g/mol. The Morgan fingerprint density at radius 3 is 2.50 bits per heavy atom. The lowest BCUT2D eigenvalue weighted by Gasteiger charge is -2.10. The van der Waals surface area contributed by atoms with Gasteiger partial charge in [0.25, 0.3) is 0 Å². The summed E-state index contributed by atoms with van der Waals surface area (Å²) in [5.74, 6) is 0.893. The first kappa shape index (κ1) is 18.3. The van der Waals surface area contributed by atoms with Crippen molar-refractivity contribution in [3.8, 4) is 5.75 Å². The molecule has 128 valence electrons. The molecule has 0 spiro atoms. The smallest absolute Gasteiger partial charge is 0.221 e. The molecule has 0 atom stereocenters. The average Bonchev–Trinajstić information content (AvgIpc) is 2.60. The Kier molecular flexibility index (Phi) is 7.59. The van der Waals surface area contributed by atoms with E-state index in [2.05, 4.69) is 10.6 Å². The van der Waals surface area contributed by atoms with Crippen LogP contribution >= 0.6 is 11.6 Å². The van der Waals surface area contributed by atoms with Crippen molar-refractivity contribution < 1.29 is 9.53 Å². The van der Waals surface area contributed by atoms with Crippen molar-refractivity contribution in [1.29, 1.82) is 0 Å². The van der Waals surface area contributed by atoms with Crippen molar-refractivity contribution in [3.63, 3.8) is 0 Å². The third kappa shape index (κ3) is 5.87. The molecule has 0 aliphatic rings. The van der Waals surface area contributed by atoms with Crippen LogP contribution in [-0.4, -0.2) is 26.1 Å². The lowest BCUT2D eigenvalue weighted by molar-refractivity contribution is -0.120. The standard InChI is InChI=1S/C19H23ClN2O2/c1-24-18-9-5-3-6-15(18)10-13-22-19(23)11-12-21-14-16-7-2-4-8-17(16)20/h2-9,21H,10-14H2,1H3,(H,22,23). The minimum absolute atomic E-state index is 0.0385. The second kappa shape index (κ2) is 9.96. The topological polar surface area (TPSA) is 50.4 Å². The van der Waals surface area contributed by atoms with Gasteiger partial charge in [-0.1, -0.05) is 48.0 Å². The van der Waals surface area contributed by atoms with Crippen LogP contribution in [0.2, 0.25) is 5.02 Å². The van der Waals surface area contributed by atoms with E-state index in [-0.39, 0.29) is 5.91 Å². The third-order valence-corrected chi connectivity index (χ3v) is 4.08. The lowest BCUT2D eigenvalue weighted by Crippen LogP contribution is -2.29. The summed E-state index contributed by atoms with van der Waals surface area (Å²) >= 11 is 6.09. The van der Waals surface area contributed by atoms with Gasteiger partial charge in [-0.25, -0.2) is 0 Å². The monoisotopic (exact) mass is 346 g/mol. The van der Waals surface area contributed by atoms with Crippen molar-refractivity contribution in [2.45, 2.75) is 19.4 Å². The number of carbonyl (C=O) groups excluding carboxylic acids is 1. The summed E-state index contributed by atoms with van der Waals surface area (Å²) in [5.41, 5.74) is 2.13. The van der Waals surface area contributed by atoms with Crippen molar-refractivity contribution >= 4 is 17.5 Å². The molecular weight excluding hydrogens is 324 g/mol. The first-order valence-corrected chi connectivity index (χ1v) is 8.41. The van der Waals surface area contributed by atoms with Crippen LogP contribution in [0.4, 0.5) is 0 Å². The Balaban J connectivity index is 1.62. The molecule has 2 N–H and O–H groups in total. The van der Waals surface area contributed by atoms with Crippen LogP contribution in [0.15, 0.2) is 48.5 Å². The number of benzene rings is 2. The molecule has 0 unspecified atom stereocenters. The van der Waals surface area contributed by atoms with Crippen molar-refractivity contribution in [3.05, 3.63) is 64.7 Å². The van der Waals surface area contributed by atoms with Gasteiger partial charge in [0.1, 0.15) is 5.75 Å². The first-order chi connectivity index (χ1) is 11.7. The Bertz CT molecular complexity index is 661. The maximum atomic E-state index is 11.9. The van der Waals surface area contributed by atoms with Gasteiger partial charge in [0.05, 0.1) is 7.11 Å². The fourth-order valence-corrected chi connectivity index (χ4v) is 2.60. The highest BCUT2D eigenvalue weighted by Gasteiger charge is 2.04. The molecule has 2 aromatic rings. The van der Waals surface area contributed by atoms with E-state index in [1.807, 2.05) is 48.5 Å². The van der Waals surface area contributed by atoms with Crippen LogP contribution in [0.25, 0.3) is 0 Å². The van der Waals surface area contributed by atoms with Gasteiger partial charge in [-0.05, 0) is 29.7 Å². The van der Waals surface area contributed by atoms with Gasteiger partial charge in [-0.3, -0.25) is 4.79 Å². The number of carbonyl (C=O) groups is 1. The second-order valence-electron chi connectivity index (χ2n) is 5.43. The van der Waals surface area contributed by atoms with E-state index in [1.165, 1.54) is 0 Å². The molecule has 0 aliphatic carbocycles. The first-order valence-electron chi connectivity index (χ1n) is 8.03. The van der Waals surface area contributed by atoms with Crippen LogP contribution in [-0.2, 0) is 17.8 Å². The minimum atomic E-state index is 0.0385. The molecule has 2 rings (SSSR count). The Labute approximate surface area is 148 Å². The number of nitrogens with one attached hydrogen (secondary N) is 2. The zero-order chi connectivity index (χ0) is 17.2. The van der Waals surface area contributed by atoms with Gasteiger partial charge in [-0.2, -0.15) is 0 Å². The summed E-state index contributed by atoms with van der Waals surface area (Å²) in [5, 5.41) is 6.91. The van der Waals surface area contributed by atoms with E-state index in [0.717, 1.165) is 28.3 Å². The van der Waals surface area contributed by atoms with Gasteiger partial charge in [-0.15, -0.1) is 0 Å². The Hall–Kier alpha value is -2.04. The van der Waals surface area contributed by atoms with E-state index < -0.39 is 0 Å². The van der Waals surface area contributed by atoms with E-state index in [0.29, 0.717) is 26.1 Å². The maximum Gasteiger partial charge on any atom is 0.221 e. The van der Waals surface area contributed by atoms with Crippen molar-refractivity contribution in [1.82, 2.24) is 10.6 Å². The summed E-state index contributed by atoms with van der Waals surface area (Å²) in [7, 11) is 1.65. The highest BCUT2D eigenvalue weighted by Crippen LogP contribution is 2.17. The molecule has 5 heteroatoms. The van der Waals surface area contributed by atoms with E-state index in [1.54, 1.807) is 7.11 Å². The van der Waals surface area contributed by atoms with Gasteiger partial charge in [0.15, 0.2) is 0 Å². The molecule has 0 radical (unpaired) electrons. The van der Waals surface area contributed by atoms with Gasteiger partial charge in [0, 0.05) is 31.1 Å². The second-order valence-corrected chi connectivity index (χ2v) is 5.84. The summed E-state index contributed by atoms with van der Waals surface area (Å²) in [6.07, 6.45) is 1.19. The van der Waals surface area contributed by atoms with E-state index >= 15 is 0 Å². The summed E-state index contributed by atoms with van der Waals surface area (Å²) in [6, 6.07) is 15.5. The predicted molar refractivity (Wildman–Crippen MR) is 97.5 cm³/mol. The van der Waals surface area contributed by atoms with E-state index in [4.69, 9.17) is 16.3 Å². The summed E-state index contributed by atoms with van der Waals surface area (Å²) < 4.78 is 5.30. The number of ether oxygens (including phenoxy) is 1. The fraction of sp³-hybridized carbons (Fsp3) is 0.316. The molecule has 2 aromatic carbocycles. The Morgan fingerprint density at radius 2 is 1.75 bits per heavy atom. The molecule has 0 heterocycles. The number of para-hydroxylation sites is 1. The highest BCUT2D eigenvalue weighted by molar-refractivity contribution is 6.31. The van der Waals surface area contributed by atoms with Gasteiger partial charge < -0.3 is 15.4 Å². The van der Waals surface area contributed by atoms with Crippen molar-refractivity contribution in [2.24, 2.45) is 0 Å². The van der Waals surface area contributed by atoms with Crippen LogP contribution in [0.5, 0.6) is 5.75 Å². The summed E-state index contributed by atoms with van der Waals surface area (Å²) in [6.45, 7) is 1.88. The third-order valence-electron chi connectivity index (χ3n) is 3.71. The zero-order valence-corrected chi connectivity index (χ0v) is 14.6. The van der Waals surface area contributed by atoms with E-state index in [9.17, 15) is 4.79 Å². The van der Waals surface area contributed by atoms with Crippen molar-refractivity contribution in [2.75, 3.05) is 20.2 Å². The Morgan fingerprint density at radius 1 is 1.04 bits per heavy atom. The maximum absolute atomic E-state index is 11.9. The molecule has 0 saturated heterocycles. The van der Waals surface area contributed by atoms with Gasteiger partial charge in [0.2, 0.25) is 5.91 Å².